The van der Waals surface area contributed by atoms with Crippen LogP contribution < -0.4 is 0 Å². The molecule has 0 bridgehead atoms. The Balaban J connectivity index is 1.77. The number of thiophene rings is 1. The van der Waals surface area contributed by atoms with Gasteiger partial charge in [-0.25, -0.2) is 4.98 Å². The number of hydrogen-bond acceptors (Lipinski definition) is 3. The molecule has 0 amide bonds. The molecule has 0 spiro atoms. The van der Waals surface area contributed by atoms with E-state index in [2.05, 4.69) is 21.0 Å². The Morgan fingerprint density at radius 2 is 2.33 bits per heavy atom. The molecule has 2 aromatic rings. The van der Waals surface area contributed by atoms with E-state index in [9.17, 15) is 5.11 Å². The largest absolute Gasteiger partial charge is 0.393 e. The molecule has 2 aromatic heterocycles. The zero-order chi connectivity index (χ0) is 12.1. The lowest BCUT2D eigenvalue weighted by Crippen LogP contribution is -2.26. The van der Waals surface area contributed by atoms with Gasteiger partial charge in [-0.1, -0.05) is 6.42 Å². The minimum absolute atomic E-state index is 0.111. The predicted octanol–water partition coefficient (Wildman–Crippen LogP) is 3.07. The third-order valence-electron chi connectivity index (χ3n) is 4.34. The van der Waals surface area contributed by atoms with Gasteiger partial charge in [0, 0.05) is 10.4 Å². The van der Waals surface area contributed by atoms with Gasteiger partial charge in [-0.15, -0.1) is 11.3 Å². The fraction of sp³-hybridized carbons (Fsp3) is 0.500. The van der Waals surface area contributed by atoms with Crippen molar-refractivity contribution >= 4 is 11.3 Å². The molecule has 0 saturated heterocycles. The summed E-state index contributed by atoms with van der Waals surface area (Å²) in [6, 6.07) is 2.61. The van der Waals surface area contributed by atoms with Crippen molar-refractivity contribution in [3.63, 3.8) is 0 Å². The average molecular weight is 260 g/mol. The fourth-order valence-corrected chi connectivity index (χ4v) is 4.65. The van der Waals surface area contributed by atoms with E-state index in [1.165, 1.54) is 22.6 Å². The van der Waals surface area contributed by atoms with Gasteiger partial charge in [-0.2, -0.15) is 0 Å². The molecule has 0 radical (unpaired) electrons. The van der Waals surface area contributed by atoms with Gasteiger partial charge in [-0.05, 0) is 36.6 Å². The van der Waals surface area contributed by atoms with Crippen LogP contribution in [0, 0.1) is 5.92 Å². The molecule has 1 N–H and O–H groups in total. The van der Waals surface area contributed by atoms with Gasteiger partial charge < -0.3 is 9.67 Å². The standard InChI is InChI=1S/C14H16N2OS/c17-10-3-1-2-9(6-10)13-14-11(4-5-18-14)12-7-15-8-16(12)13/h4-5,7-10,13,17H,1-3,6H2/t9-,10+,13-/m1/s1. The van der Waals surface area contributed by atoms with E-state index in [4.69, 9.17) is 0 Å². The highest BCUT2D eigenvalue weighted by molar-refractivity contribution is 7.10. The number of nitrogens with zero attached hydrogens (tertiary/aromatic N) is 2. The molecule has 18 heavy (non-hydrogen) atoms. The van der Waals surface area contributed by atoms with E-state index in [1.807, 2.05) is 23.9 Å². The Kier molecular flexibility index (Phi) is 2.35. The quantitative estimate of drug-likeness (QED) is 0.855. The van der Waals surface area contributed by atoms with Crippen LogP contribution in [0.25, 0.3) is 11.3 Å². The van der Waals surface area contributed by atoms with E-state index in [0.717, 1.165) is 19.3 Å². The third-order valence-corrected chi connectivity index (χ3v) is 5.33. The molecule has 3 atom stereocenters. The minimum atomic E-state index is -0.111. The molecular weight excluding hydrogens is 244 g/mol. The number of rotatable bonds is 1. The maximum atomic E-state index is 9.92. The molecule has 0 unspecified atom stereocenters. The number of imidazole rings is 1. The van der Waals surface area contributed by atoms with Crippen LogP contribution in [0.2, 0.25) is 0 Å². The van der Waals surface area contributed by atoms with Crippen LogP contribution in [-0.4, -0.2) is 20.8 Å². The highest BCUT2D eigenvalue weighted by Gasteiger charge is 2.37. The molecule has 94 valence electrons. The maximum absolute atomic E-state index is 9.92. The molecule has 1 fully saturated rings. The van der Waals surface area contributed by atoms with Crippen molar-refractivity contribution in [2.75, 3.05) is 0 Å². The topological polar surface area (TPSA) is 38.1 Å². The Hall–Kier alpha value is -1.13. The number of aromatic nitrogens is 2. The first-order valence-corrected chi connectivity index (χ1v) is 7.50. The van der Waals surface area contributed by atoms with Gasteiger partial charge in [0.1, 0.15) is 0 Å². The normalized spacial score (nSPS) is 30.2. The highest BCUT2D eigenvalue weighted by atomic mass is 32.1. The molecule has 3 heterocycles. The molecule has 1 saturated carbocycles. The SMILES string of the molecule is O[C@H]1CCC[C@@H]([C@@H]2c3sccc3-c3cncn32)C1. The number of fused-ring (bicyclic) bond motifs is 3. The van der Waals surface area contributed by atoms with Gasteiger partial charge in [0.2, 0.25) is 0 Å². The zero-order valence-corrected chi connectivity index (χ0v) is 10.9. The molecular formula is C14H16N2OS. The van der Waals surface area contributed by atoms with Crippen molar-refractivity contribution in [1.82, 2.24) is 9.55 Å². The first-order valence-electron chi connectivity index (χ1n) is 6.62. The van der Waals surface area contributed by atoms with E-state index >= 15 is 0 Å². The summed E-state index contributed by atoms with van der Waals surface area (Å²) >= 11 is 1.85. The number of aliphatic hydroxyl groups excluding tert-OH is 1. The van der Waals surface area contributed by atoms with Crippen molar-refractivity contribution in [1.29, 1.82) is 0 Å². The molecule has 4 rings (SSSR count). The van der Waals surface area contributed by atoms with Gasteiger partial charge in [-0.3, -0.25) is 0 Å². The van der Waals surface area contributed by atoms with Gasteiger partial charge in [0.15, 0.2) is 0 Å². The van der Waals surface area contributed by atoms with E-state index < -0.39 is 0 Å². The maximum Gasteiger partial charge on any atom is 0.0957 e. The second-order valence-corrected chi connectivity index (χ2v) is 6.36. The van der Waals surface area contributed by atoms with Crippen LogP contribution in [0.1, 0.15) is 36.6 Å². The van der Waals surface area contributed by atoms with E-state index in [0.29, 0.717) is 12.0 Å². The summed E-state index contributed by atoms with van der Waals surface area (Å²) in [4.78, 5) is 5.76. The summed E-state index contributed by atoms with van der Waals surface area (Å²) in [5, 5.41) is 12.1. The van der Waals surface area contributed by atoms with Crippen molar-refractivity contribution < 1.29 is 5.11 Å². The van der Waals surface area contributed by atoms with Crippen LogP contribution in [-0.2, 0) is 0 Å². The van der Waals surface area contributed by atoms with Crippen molar-refractivity contribution in [3.8, 4) is 11.3 Å². The van der Waals surface area contributed by atoms with Crippen LogP contribution in [0.4, 0.5) is 0 Å². The van der Waals surface area contributed by atoms with E-state index in [-0.39, 0.29) is 6.10 Å². The van der Waals surface area contributed by atoms with Crippen molar-refractivity contribution in [2.24, 2.45) is 5.92 Å². The van der Waals surface area contributed by atoms with Gasteiger partial charge in [0.05, 0.1) is 30.4 Å². The molecule has 3 nitrogen and oxygen atoms in total. The summed E-state index contributed by atoms with van der Waals surface area (Å²) in [6.45, 7) is 0. The summed E-state index contributed by atoms with van der Waals surface area (Å²) in [6.07, 6.45) is 8.07. The Morgan fingerprint density at radius 3 is 3.22 bits per heavy atom. The lowest BCUT2D eigenvalue weighted by molar-refractivity contribution is 0.0892. The monoisotopic (exact) mass is 260 g/mol. The number of aliphatic hydroxyl groups is 1. The first kappa shape index (κ1) is 10.8. The third kappa shape index (κ3) is 1.42. The Bertz CT molecular complexity index is 534. The van der Waals surface area contributed by atoms with Crippen LogP contribution in [0.5, 0.6) is 0 Å². The smallest absolute Gasteiger partial charge is 0.0957 e. The van der Waals surface area contributed by atoms with Gasteiger partial charge >= 0.3 is 0 Å². The summed E-state index contributed by atoms with van der Waals surface area (Å²) in [7, 11) is 0. The van der Waals surface area contributed by atoms with Gasteiger partial charge in [0.25, 0.3) is 0 Å². The molecule has 4 heteroatoms. The predicted molar refractivity (Wildman–Crippen MR) is 71.6 cm³/mol. The molecule has 2 aliphatic rings. The molecule has 0 aromatic carbocycles. The summed E-state index contributed by atoms with van der Waals surface area (Å²) in [5.41, 5.74) is 2.60. The van der Waals surface area contributed by atoms with Crippen molar-refractivity contribution in [2.45, 2.75) is 37.8 Å². The average Bonchev–Trinajstić information content (AvgIpc) is 2.99. The minimum Gasteiger partial charge on any atom is -0.393 e. The summed E-state index contributed by atoms with van der Waals surface area (Å²) < 4.78 is 2.31. The van der Waals surface area contributed by atoms with Crippen LogP contribution in [0.15, 0.2) is 24.0 Å². The molecule has 1 aliphatic heterocycles. The lowest BCUT2D eigenvalue weighted by Gasteiger charge is -2.31. The second-order valence-electron chi connectivity index (χ2n) is 5.41. The Morgan fingerprint density at radius 1 is 1.39 bits per heavy atom. The summed E-state index contributed by atoms with van der Waals surface area (Å²) in [5.74, 6) is 0.557. The second kappa shape index (κ2) is 3.93. The lowest BCUT2D eigenvalue weighted by atomic mass is 9.82. The van der Waals surface area contributed by atoms with Crippen molar-refractivity contribution in [3.05, 3.63) is 28.8 Å². The fourth-order valence-electron chi connectivity index (χ4n) is 3.55. The highest BCUT2D eigenvalue weighted by Crippen LogP contribution is 2.49. The number of hydrogen-bond donors (Lipinski definition) is 1. The first-order chi connectivity index (χ1) is 8.84. The molecule has 1 aliphatic carbocycles. The zero-order valence-electron chi connectivity index (χ0n) is 10.1. The Labute approximate surface area is 110 Å². The van der Waals surface area contributed by atoms with Crippen LogP contribution >= 0.6 is 11.3 Å². The van der Waals surface area contributed by atoms with E-state index in [1.54, 1.807) is 0 Å². The van der Waals surface area contributed by atoms with Crippen LogP contribution in [0.3, 0.4) is 0 Å².